The Hall–Kier alpha value is -2.72. The van der Waals surface area contributed by atoms with Crippen LogP contribution < -0.4 is 15.0 Å². The molecule has 0 atom stereocenters. The van der Waals surface area contributed by atoms with Gasteiger partial charge in [-0.15, -0.1) is 0 Å². The molecule has 5 rings (SSSR count). The average Bonchev–Trinajstić information content (AvgIpc) is 2.93. The van der Waals surface area contributed by atoms with Crippen LogP contribution in [0.15, 0.2) is 75.0 Å². The number of rotatable bonds is 8. The molecule has 0 saturated heterocycles. The van der Waals surface area contributed by atoms with Crippen molar-refractivity contribution in [3.63, 3.8) is 0 Å². The summed E-state index contributed by atoms with van der Waals surface area (Å²) in [7, 11) is 0. The Morgan fingerprint density at radius 3 is 2.61 bits per heavy atom. The molecule has 1 aromatic heterocycles. The number of para-hydroxylation sites is 1. The van der Waals surface area contributed by atoms with E-state index < -0.39 is 0 Å². The summed E-state index contributed by atoms with van der Waals surface area (Å²) in [4.78, 5) is 18.4. The maximum Gasteiger partial charge on any atom is 0.282 e. The van der Waals surface area contributed by atoms with Gasteiger partial charge < -0.3 is 9.47 Å². The zero-order valence-corrected chi connectivity index (χ0v) is 24.9. The lowest BCUT2D eigenvalue weighted by Crippen LogP contribution is -2.25. The van der Waals surface area contributed by atoms with Gasteiger partial charge in [-0.05, 0) is 89.9 Å². The Balaban J connectivity index is 1.48. The fourth-order valence-electron chi connectivity index (χ4n) is 4.80. The maximum atomic E-state index is 13.5. The first-order valence-corrected chi connectivity index (χ1v) is 14.8. The largest absolute Gasteiger partial charge is 0.490 e. The van der Waals surface area contributed by atoms with Gasteiger partial charge in [-0.25, -0.2) is 4.98 Å². The summed E-state index contributed by atoms with van der Waals surface area (Å²) in [5.41, 5.74) is 2.48. The van der Waals surface area contributed by atoms with E-state index >= 15 is 0 Å². The highest BCUT2D eigenvalue weighted by Crippen LogP contribution is 2.35. The molecule has 196 valence electrons. The van der Waals surface area contributed by atoms with Crippen LogP contribution >= 0.6 is 38.5 Å². The first-order chi connectivity index (χ1) is 18.5. The summed E-state index contributed by atoms with van der Waals surface area (Å²) in [6.07, 6.45) is 7.29. The van der Waals surface area contributed by atoms with Crippen molar-refractivity contribution in [2.24, 2.45) is 5.10 Å². The third kappa shape index (κ3) is 6.12. The highest BCUT2D eigenvalue weighted by Gasteiger charge is 2.22. The van der Waals surface area contributed by atoms with Crippen molar-refractivity contribution in [1.82, 2.24) is 9.66 Å². The number of nitrogens with zero attached hydrogens (tertiary/aromatic N) is 3. The normalized spacial score (nSPS) is 14.3. The quantitative estimate of drug-likeness (QED) is 0.141. The molecule has 0 unspecified atom stereocenters. The molecule has 0 N–H and O–H groups in total. The summed E-state index contributed by atoms with van der Waals surface area (Å²) < 4.78 is 15.6. The topological polar surface area (TPSA) is 65.7 Å². The summed E-state index contributed by atoms with van der Waals surface area (Å²) in [5.74, 6) is 2.32. The molecule has 1 aliphatic rings. The molecule has 1 heterocycles. The van der Waals surface area contributed by atoms with Crippen LogP contribution in [0.2, 0.25) is 0 Å². The highest BCUT2D eigenvalue weighted by atomic mass is 127. The fraction of sp³-hybridized carbons (Fsp3) is 0.300. The van der Waals surface area contributed by atoms with Crippen LogP contribution in [0.1, 0.15) is 61.9 Å². The smallest absolute Gasteiger partial charge is 0.282 e. The van der Waals surface area contributed by atoms with Gasteiger partial charge in [-0.1, -0.05) is 59.5 Å². The second-order valence-corrected chi connectivity index (χ2v) is 11.4. The van der Waals surface area contributed by atoms with Crippen LogP contribution in [0.3, 0.4) is 0 Å². The van der Waals surface area contributed by atoms with Gasteiger partial charge in [0.2, 0.25) is 0 Å². The van der Waals surface area contributed by atoms with Gasteiger partial charge in [0.05, 0.1) is 27.3 Å². The van der Waals surface area contributed by atoms with E-state index in [0.29, 0.717) is 30.1 Å². The molecule has 0 bridgehead atoms. The molecule has 38 heavy (non-hydrogen) atoms. The van der Waals surface area contributed by atoms with E-state index in [9.17, 15) is 4.79 Å². The number of fused-ring (bicyclic) bond motifs is 1. The first kappa shape index (κ1) is 26.9. The van der Waals surface area contributed by atoms with Gasteiger partial charge in [0.15, 0.2) is 11.5 Å². The van der Waals surface area contributed by atoms with Gasteiger partial charge in [-0.3, -0.25) is 4.79 Å². The molecule has 1 aliphatic carbocycles. The second kappa shape index (κ2) is 12.4. The number of ether oxygens (including phenoxy) is 2. The van der Waals surface area contributed by atoms with E-state index in [-0.39, 0.29) is 11.5 Å². The van der Waals surface area contributed by atoms with Crippen LogP contribution in [0, 0.1) is 3.57 Å². The van der Waals surface area contributed by atoms with Crippen molar-refractivity contribution in [2.45, 2.75) is 51.6 Å². The molecular weight excluding hydrogens is 657 g/mol. The van der Waals surface area contributed by atoms with E-state index in [1.54, 1.807) is 6.21 Å². The van der Waals surface area contributed by atoms with Crippen LogP contribution in [0.25, 0.3) is 10.9 Å². The number of halogens is 2. The first-order valence-electron chi connectivity index (χ1n) is 12.9. The highest BCUT2D eigenvalue weighted by molar-refractivity contribution is 14.1. The van der Waals surface area contributed by atoms with Gasteiger partial charge >= 0.3 is 0 Å². The molecule has 6 nitrogen and oxygen atoms in total. The summed E-state index contributed by atoms with van der Waals surface area (Å²) in [6, 6.07) is 19.4. The van der Waals surface area contributed by atoms with Crippen LogP contribution in [0.5, 0.6) is 11.5 Å². The monoisotopic (exact) mass is 685 g/mol. The molecule has 1 saturated carbocycles. The molecule has 3 aromatic carbocycles. The SMILES string of the molecule is CCOc1cc(C=Nn2c(C3CCCCC3)nc3ccccc3c2=O)cc(I)c1OCc1ccc(Br)cc1. The van der Waals surface area contributed by atoms with E-state index in [4.69, 9.17) is 14.5 Å². The van der Waals surface area contributed by atoms with E-state index in [2.05, 4.69) is 43.6 Å². The van der Waals surface area contributed by atoms with Gasteiger partial charge in [-0.2, -0.15) is 9.78 Å². The van der Waals surface area contributed by atoms with Crippen molar-refractivity contribution in [3.05, 3.63) is 96.0 Å². The summed E-state index contributed by atoms with van der Waals surface area (Å²) in [5, 5.41) is 5.26. The molecule has 4 aromatic rings. The Kier molecular flexibility index (Phi) is 8.79. The molecule has 0 radical (unpaired) electrons. The fourth-order valence-corrected chi connectivity index (χ4v) is 5.85. The van der Waals surface area contributed by atoms with Crippen molar-refractivity contribution in [3.8, 4) is 11.5 Å². The average molecular weight is 686 g/mol. The Morgan fingerprint density at radius 2 is 1.84 bits per heavy atom. The minimum absolute atomic E-state index is 0.137. The van der Waals surface area contributed by atoms with Gasteiger partial charge in [0, 0.05) is 10.4 Å². The lowest BCUT2D eigenvalue weighted by atomic mass is 9.88. The van der Waals surface area contributed by atoms with E-state index in [1.165, 1.54) is 11.1 Å². The van der Waals surface area contributed by atoms with Gasteiger partial charge in [0.25, 0.3) is 5.56 Å². The van der Waals surface area contributed by atoms with Crippen LogP contribution in [-0.2, 0) is 6.61 Å². The lowest BCUT2D eigenvalue weighted by molar-refractivity contribution is 0.267. The summed E-state index contributed by atoms with van der Waals surface area (Å²) >= 11 is 5.73. The standard InChI is InChI=1S/C30H29BrIN3O3/c1-2-37-27-17-21(16-25(32)28(27)38-19-20-12-14-23(31)15-13-20)18-33-35-29(22-8-4-3-5-9-22)34-26-11-7-6-10-24(26)30(35)36/h6-7,10-18,22H,2-5,8-9,19H2,1H3. The Morgan fingerprint density at radius 1 is 1.08 bits per heavy atom. The third-order valence-corrected chi connectivity index (χ3v) is 8.03. The van der Waals surface area contributed by atoms with Gasteiger partial charge in [0.1, 0.15) is 12.4 Å². The molecule has 1 fully saturated rings. The number of aromatic nitrogens is 2. The Bertz CT molecular complexity index is 1510. The molecule has 0 amide bonds. The van der Waals surface area contributed by atoms with E-state index in [1.807, 2.05) is 67.6 Å². The van der Waals surface area contributed by atoms with Crippen molar-refractivity contribution < 1.29 is 9.47 Å². The molecule has 8 heteroatoms. The van der Waals surface area contributed by atoms with E-state index in [0.717, 1.165) is 56.2 Å². The van der Waals surface area contributed by atoms with Crippen molar-refractivity contribution in [2.75, 3.05) is 6.61 Å². The zero-order chi connectivity index (χ0) is 26.5. The second-order valence-electron chi connectivity index (χ2n) is 9.36. The number of hydrogen-bond acceptors (Lipinski definition) is 5. The predicted octanol–water partition coefficient (Wildman–Crippen LogP) is 7.67. The minimum atomic E-state index is -0.137. The molecular formula is C30H29BrIN3O3. The predicted molar refractivity (Wildman–Crippen MR) is 164 cm³/mol. The van der Waals surface area contributed by atoms with Crippen molar-refractivity contribution in [1.29, 1.82) is 0 Å². The van der Waals surface area contributed by atoms with Crippen LogP contribution in [0.4, 0.5) is 0 Å². The number of hydrogen-bond donors (Lipinski definition) is 0. The molecule has 0 aliphatic heterocycles. The molecule has 0 spiro atoms. The number of benzene rings is 3. The zero-order valence-electron chi connectivity index (χ0n) is 21.2. The Labute approximate surface area is 244 Å². The third-order valence-electron chi connectivity index (χ3n) is 6.70. The minimum Gasteiger partial charge on any atom is -0.490 e. The van der Waals surface area contributed by atoms with Crippen molar-refractivity contribution >= 4 is 55.6 Å². The van der Waals surface area contributed by atoms with Crippen LogP contribution in [-0.4, -0.2) is 22.5 Å². The summed E-state index contributed by atoms with van der Waals surface area (Å²) in [6.45, 7) is 2.88. The maximum absolute atomic E-state index is 13.5. The lowest BCUT2D eigenvalue weighted by Gasteiger charge is -2.22.